The molecule has 1 atom stereocenters. The van der Waals surface area contributed by atoms with Crippen molar-refractivity contribution in [1.29, 1.82) is 5.26 Å². The highest BCUT2D eigenvalue weighted by molar-refractivity contribution is 5.85. The lowest BCUT2D eigenvalue weighted by atomic mass is 9.93. The quantitative estimate of drug-likeness (QED) is 0.570. The van der Waals surface area contributed by atoms with Crippen molar-refractivity contribution in [1.82, 2.24) is 20.0 Å². The van der Waals surface area contributed by atoms with Crippen molar-refractivity contribution in [2.24, 2.45) is 5.92 Å². The number of hydrogen-bond acceptors (Lipinski definition) is 9. The van der Waals surface area contributed by atoms with E-state index in [1.165, 1.54) is 6.20 Å². The summed E-state index contributed by atoms with van der Waals surface area (Å²) in [5.74, 6) is 1.63. The molecule has 0 radical (unpaired) electrons. The molecule has 2 aliphatic heterocycles. The maximum Gasteiger partial charge on any atom is 0.409 e. The van der Waals surface area contributed by atoms with Crippen LogP contribution in [0, 0.1) is 17.2 Å². The summed E-state index contributed by atoms with van der Waals surface area (Å²) < 4.78 is 22.2. The molecule has 0 bridgehead atoms. The summed E-state index contributed by atoms with van der Waals surface area (Å²) in [4.78, 5) is 22.6. The fraction of sp³-hybridized carbons (Fsp3) is 0.522. The summed E-state index contributed by atoms with van der Waals surface area (Å²) in [6.07, 6.45) is 6.81. The Kier molecular flexibility index (Phi) is 6.21. The summed E-state index contributed by atoms with van der Waals surface area (Å²) in [7, 11) is 0. The summed E-state index contributed by atoms with van der Waals surface area (Å²) in [6, 6.07) is 5.44. The van der Waals surface area contributed by atoms with Crippen molar-refractivity contribution in [3.05, 3.63) is 29.8 Å². The number of fused-ring (bicyclic) bond motifs is 1. The Balaban J connectivity index is 1.13. The van der Waals surface area contributed by atoms with Crippen LogP contribution < -0.4 is 0 Å². The van der Waals surface area contributed by atoms with E-state index >= 15 is 0 Å². The molecule has 0 aromatic carbocycles. The number of likely N-dealkylation sites (tertiary alicyclic amines) is 1. The Labute approximate surface area is 190 Å². The fourth-order valence-electron chi connectivity index (χ4n) is 4.37. The number of piperidine rings is 1. The van der Waals surface area contributed by atoms with Crippen molar-refractivity contribution in [3.8, 4) is 17.7 Å². The number of carbonyl (C=O) groups is 1. The minimum Gasteiger partial charge on any atom is -0.451 e. The van der Waals surface area contributed by atoms with E-state index in [4.69, 9.17) is 18.4 Å². The summed E-state index contributed by atoms with van der Waals surface area (Å²) in [5.41, 5.74) is 0.837. The predicted octanol–water partition coefficient (Wildman–Crippen LogP) is 3.71. The summed E-state index contributed by atoms with van der Waals surface area (Å²) >= 11 is 0. The molecule has 0 spiro atoms. The SMILES string of the molecule is N#Cc1nccc2oc(-c3nc(CC4CCN(C(=O)OCC5CCCCO5)CC4)no3)cc12. The number of ether oxygens (including phenoxy) is 2. The van der Waals surface area contributed by atoms with Gasteiger partial charge in [-0.1, -0.05) is 5.16 Å². The van der Waals surface area contributed by atoms with Crippen LogP contribution >= 0.6 is 0 Å². The zero-order chi connectivity index (χ0) is 22.6. The van der Waals surface area contributed by atoms with E-state index in [0.29, 0.717) is 60.3 Å². The lowest BCUT2D eigenvalue weighted by Crippen LogP contribution is -2.40. The first kappa shape index (κ1) is 21.4. The fourth-order valence-corrected chi connectivity index (χ4v) is 4.37. The molecule has 0 aliphatic carbocycles. The first-order valence-electron chi connectivity index (χ1n) is 11.3. The topological polar surface area (TPSA) is 128 Å². The Morgan fingerprint density at radius 3 is 2.94 bits per heavy atom. The molecule has 3 aromatic heterocycles. The second-order valence-corrected chi connectivity index (χ2v) is 8.51. The minimum atomic E-state index is -0.263. The van der Waals surface area contributed by atoms with Gasteiger partial charge in [0.2, 0.25) is 0 Å². The van der Waals surface area contributed by atoms with Gasteiger partial charge in [0, 0.05) is 38.4 Å². The van der Waals surface area contributed by atoms with Crippen LogP contribution in [0.3, 0.4) is 0 Å². The van der Waals surface area contributed by atoms with Gasteiger partial charge in [-0.15, -0.1) is 0 Å². The standard InChI is InChI=1S/C23H25N5O5/c24-13-18-17-12-20(32-19(17)4-7-25-18)22-26-21(27-33-22)11-15-5-8-28(9-6-15)23(29)31-14-16-3-1-2-10-30-16/h4,7,12,15-16H,1-3,5-6,8-11,14H2. The van der Waals surface area contributed by atoms with Gasteiger partial charge in [-0.25, -0.2) is 9.78 Å². The Morgan fingerprint density at radius 2 is 2.15 bits per heavy atom. The van der Waals surface area contributed by atoms with Crippen LogP contribution in [-0.2, 0) is 15.9 Å². The van der Waals surface area contributed by atoms with Crippen molar-refractivity contribution >= 4 is 17.1 Å². The van der Waals surface area contributed by atoms with Gasteiger partial charge in [0.05, 0.1) is 11.5 Å². The van der Waals surface area contributed by atoms with Crippen LogP contribution in [0.15, 0.2) is 27.3 Å². The number of hydrogen-bond donors (Lipinski definition) is 0. The lowest BCUT2D eigenvalue weighted by molar-refractivity contribution is -0.0292. The molecule has 0 N–H and O–H groups in total. The predicted molar refractivity (Wildman–Crippen MR) is 115 cm³/mol. The molecule has 0 saturated carbocycles. The van der Waals surface area contributed by atoms with Gasteiger partial charge in [0.1, 0.15) is 18.3 Å². The third-order valence-corrected chi connectivity index (χ3v) is 6.24. The van der Waals surface area contributed by atoms with Gasteiger partial charge in [0.25, 0.3) is 5.89 Å². The van der Waals surface area contributed by atoms with Crippen molar-refractivity contribution in [3.63, 3.8) is 0 Å². The third-order valence-electron chi connectivity index (χ3n) is 6.24. The lowest BCUT2D eigenvalue weighted by Gasteiger charge is -2.31. The molecular formula is C23H25N5O5. The van der Waals surface area contributed by atoms with Gasteiger partial charge in [-0.05, 0) is 44.1 Å². The third kappa shape index (κ3) is 4.83. The number of pyridine rings is 1. The van der Waals surface area contributed by atoms with E-state index in [-0.39, 0.29) is 18.1 Å². The molecule has 172 valence electrons. The Bertz CT molecular complexity index is 1150. The number of aromatic nitrogens is 3. The molecule has 2 fully saturated rings. The minimum absolute atomic E-state index is 0.0298. The smallest absolute Gasteiger partial charge is 0.409 e. The van der Waals surface area contributed by atoms with E-state index in [1.807, 2.05) is 6.07 Å². The van der Waals surface area contributed by atoms with Crippen LogP contribution in [0.2, 0.25) is 0 Å². The highest BCUT2D eigenvalue weighted by Crippen LogP contribution is 2.29. The van der Waals surface area contributed by atoms with Gasteiger partial charge < -0.3 is 23.3 Å². The Morgan fingerprint density at radius 1 is 1.27 bits per heavy atom. The normalized spacial score (nSPS) is 19.5. The van der Waals surface area contributed by atoms with Gasteiger partial charge in [-0.3, -0.25) is 0 Å². The molecule has 3 aromatic rings. The van der Waals surface area contributed by atoms with Crippen molar-refractivity contribution < 1.29 is 23.2 Å². The molecule has 33 heavy (non-hydrogen) atoms. The van der Waals surface area contributed by atoms with E-state index in [0.717, 1.165) is 38.7 Å². The highest BCUT2D eigenvalue weighted by atomic mass is 16.6. The number of rotatable bonds is 5. The number of nitrogens with zero attached hydrogens (tertiary/aromatic N) is 5. The van der Waals surface area contributed by atoms with Gasteiger partial charge in [-0.2, -0.15) is 10.2 Å². The zero-order valence-electron chi connectivity index (χ0n) is 18.2. The average Bonchev–Trinajstić information content (AvgIpc) is 3.50. The molecule has 10 heteroatoms. The van der Waals surface area contributed by atoms with Crippen LogP contribution in [0.4, 0.5) is 4.79 Å². The van der Waals surface area contributed by atoms with Crippen molar-refractivity contribution in [2.45, 2.75) is 44.6 Å². The molecule has 5 rings (SSSR count). The first-order chi connectivity index (χ1) is 16.2. The number of carbonyl (C=O) groups excluding carboxylic acids is 1. The number of nitriles is 1. The second-order valence-electron chi connectivity index (χ2n) is 8.51. The average molecular weight is 451 g/mol. The van der Waals surface area contributed by atoms with Crippen molar-refractivity contribution in [2.75, 3.05) is 26.3 Å². The van der Waals surface area contributed by atoms with Crippen LogP contribution in [0.5, 0.6) is 0 Å². The van der Waals surface area contributed by atoms with Crippen LogP contribution in [0.1, 0.15) is 43.6 Å². The molecular weight excluding hydrogens is 426 g/mol. The van der Waals surface area contributed by atoms with E-state index in [2.05, 4.69) is 15.1 Å². The van der Waals surface area contributed by atoms with Crippen LogP contribution in [-0.4, -0.2) is 58.5 Å². The zero-order valence-corrected chi connectivity index (χ0v) is 18.2. The largest absolute Gasteiger partial charge is 0.451 e. The van der Waals surface area contributed by atoms with Crippen LogP contribution in [0.25, 0.3) is 22.6 Å². The molecule has 1 amide bonds. The van der Waals surface area contributed by atoms with Gasteiger partial charge >= 0.3 is 6.09 Å². The summed E-state index contributed by atoms with van der Waals surface area (Å²) in [5, 5.41) is 13.9. The first-order valence-corrected chi connectivity index (χ1v) is 11.3. The van der Waals surface area contributed by atoms with E-state index < -0.39 is 0 Å². The maximum absolute atomic E-state index is 12.4. The molecule has 2 aliphatic rings. The monoisotopic (exact) mass is 451 g/mol. The second kappa shape index (κ2) is 9.58. The summed E-state index contributed by atoms with van der Waals surface area (Å²) in [6.45, 7) is 2.37. The molecule has 5 heterocycles. The Hall–Kier alpha value is -3.45. The van der Waals surface area contributed by atoms with E-state index in [9.17, 15) is 10.1 Å². The van der Waals surface area contributed by atoms with E-state index in [1.54, 1.807) is 17.0 Å². The molecule has 2 saturated heterocycles. The number of furan rings is 1. The molecule has 10 nitrogen and oxygen atoms in total. The maximum atomic E-state index is 12.4. The highest BCUT2D eigenvalue weighted by Gasteiger charge is 2.26. The molecule has 1 unspecified atom stereocenters. The van der Waals surface area contributed by atoms with Gasteiger partial charge in [0.15, 0.2) is 17.3 Å². The number of amides is 1.